The van der Waals surface area contributed by atoms with Crippen LogP contribution in [-0.4, -0.2) is 17.6 Å². The summed E-state index contributed by atoms with van der Waals surface area (Å²) >= 11 is 0. The number of carboxylic acids is 1. The van der Waals surface area contributed by atoms with Gasteiger partial charge in [-0.15, -0.1) is 0 Å². The Balaban J connectivity index is 1.98. The third kappa shape index (κ3) is 2.25. The highest BCUT2D eigenvalue weighted by Crippen LogP contribution is 2.37. The molecule has 0 amide bonds. The molecule has 4 nitrogen and oxygen atoms in total. The molecular formula is C18H14FNO3. The number of aromatic carboxylic acids is 1. The van der Waals surface area contributed by atoms with Gasteiger partial charge in [0.25, 0.3) is 0 Å². The molecule has 2 N–H and O–H groups in total. The van der Waals surface area contributed by atoms with Crippen LogP contribution in [0.4, 0.5) is 10.1 Å². The standard InChI is InChI=1S/C18H14FNO3/c19-12-5-3-10(4-6-12)17-16(18(21)22)13-8-11-2-1-7-20-14(11)9-15(13)23-17/h3-6,8-9,20H,1-2,7H2,(H,21,22). The van der Waals surface area contributed by atoms with E-state index in [1.807, 2.05) is 12.1 Å². The number of benzene rings is 2. The quantitative estimate of drug-likeness (QED) is 0.741. The molecule has 1 aliphatic heterocycles. The molecule has 116 valence electrons. The minimum atomic E-state index is -1.05. The number of carbonyl (C=O) groups is 1. The zero-order valence-electron chi connectivity index (χ0n) is 12.2. The fourth-order valence-corrected chi connectivity index (χ4v) is 3.08. The number of nitrogens with one attached hydrogen (secondary N) is 1. The largest absolute Gasteiger partial charge is 0.478 e. The predicted octanol–water partition coefficient (Wildman–Crippen LogP) is 4.30. The summed E-state index contributed by atoms with van der Waals surface area (Å²) < 4.78 is 18.9. The molecule has 2 aromatic carbocycles. The van der Waals surface area contributed by atoms with E-state index in [2.05, 4.69) is 5.32 Å². The van der Waals surface area contributed by atoms with Gasteiger partial charge in [-0.05, 0) is 48.7 Å². The normalized spacial score (nSPS) is 13.6. The van der Waals surface area contributed by atoms with Gasteiger partial charge in [0, 0.05) is 29.2 Å². The maximum Gasteiger partial charge on any atom is 0.340 e. The van der Waals surface area contributed by atoms with Gasteiger partial charge in [-0.2, -0.15) is 0 Å². The molecule has 0 saturated carbocycles. The first-order valence-corrected chi connectivity index (χ1v) is 7.46. The zero-order valence-corrected chi connectivity index (χ0v) is 12.2. The van der Waals surface area contributed by atoms with Crippen molar-refractivity contribution in [3.63, 3.8) is 0 Å². The minimum absolute atomic E-state index is 0.125. The van der Waals surface area contributed by atoms with E-state index in [0.29, 0.717) is 16.5 Å². The van der Waals surface area contributed by atoms with E-state index in [1.165, 1.54) is 24.3 Å². The average Bonchev–Trinajstić information content (AvgIpc) is 2.91. The van der Waals surface area contributed by atoms with Crippen molar-refractivity contribution in [2.75, 3.05) is 11.9 Å². The Bertz CT molecular complexity index is 912. The number of aryl methyl sites for hydroxylation is 1. The number of fused-ring (bicyclic) bond motifs is 2. The average molecular weight is 311 g/mol. The van der Waals surface area contributed by atoms with Gasteiger partial charge in [0.05, 0.1) is 0 Å². The van der Waals surface area contributed by atoms with Crippen LogP contribution in [0.2, 0.25) is 0 Å². The van der Waals surface area contributed by atoms with E-state index in [0.717, 1.165) is 30.6 Å². The van der Waals surface area contributed by atoms with Crippen molar-refractivity contribution in [3.05, 3.63) is 53.3 Å². The summed E-state index contributed by atoms with van der Waals surface area (Å²) in [5, 5.41) is 13.5. The number of halogens is 1. The highest BCUT2D eigenvalue weighted by atomic mass is 19.1. The molecule has 2 heterocycles. The summed E-state index contributed by atoms with van der Waals surface area (Å²) in [5.74, 6) is -1.16. The second kappa shape index (κ2) is 5.12. The molecule has 0 spiro atoms. The molecular weight excluding hydrogens is 297 g/mol. The van der Waals surface area contributed by atoms with Crippen LogP contribution in [0.5, 0.6) is 0 Å². The van der Waals surface area contributed by atoms with Crippen molar-refractivity contribution >= 4 is 22.6 Å². The van der Waals surface area contributed by atoms with Gasteiger partial charge < -0.3 is 14.8 Å². The van der Waals surface area contributed by atoms with E-state index in [9.17, 15) is 14.3 Å². The molecule has 4 rings (SSSR count). The number of furan rings is 1. The Labute approximate surface area is 131 Å². The summed E-state index contributed by atoms with van der Waals surface area (Å²) in [7, 11) is 0. The molecule has 3 aromatic rings. The number of rotatable bonds is 2. The number of hydrogen-bond acceptors (Lipinski definition) is 3. The summed E-state index contributed by atoms with van der Waals surface area (Å²) in [4.78, 5) is 11.8. The molecule has 1 aromatic heterocycles. The van der Waals surface area contributed by atoms with Crippen molar-refractivity contribution in [2.45, 2.75) is 12.8 Å². The Morgan fingerprint density at radius 1 is 1.22 bits per heavy atom. The first-order chi connectivity index (χ1) is 11.1. The second-order valence-corrected chi connectivity index (χ2v) is 5.65. The Morgan fingerprint density at radius 2 is 2.00 bits per heavy atom. The van der Waals surface area contributed by atoms with Crippen LogP contribution in [0, 0.1) is 5.82 Å². The molecule has 0 bridgehead atoms. The lowest BCUT2D eigenvalue weighted by atomic mass is 9.99. The van der Waals surface area contributed by atoms with E-state index >= 15 is 0 Å². The van der Waals surface area contributed by atoms with Gasteiger partial charge in [-0.1, -0.05) is 0 Å². The van der Waals surface area contributed by atoms with Crippen LogP contribution in [0.15, 0.2) is 40.8 Å². The summed E-state index contributed by atoms with van der Waals surface area (Å²) in [6, 6.07) is 9.37. The molecule has 23 heavy (non-hydrogen) atoms. The van der Waals surface area contributed by atoms with Crippen LogP contribution >= 0.6 is 0 Å². The SMILES string of the molecule is O=C(O)c1c(-c2ccc(F)cc2)oc2cc3c(cc12)CCCN3. The van der Waals surface area contributed by atoms with Crippen molar-refractivity contribution in [3.8, 4) is 11.3 Å². The first kappa shape index (κ1) is 13.8. The van der Waals surface area contributed by atoms with Crippen LogP contribution in [0.25, 0.3) is 22.3 Å². The number of anilines is 1. The number of carboxylic acid groups (broad SMARTS) is 1. The van der Waals surface area contributed by atoms with Gasteiger partial charge in [0.2, 0.25) is 0 Å². The topological polar surface area (TPSA) is 62.5 Å². The van der Waals surface area contributed by atoms with Crippen molar-refractivity contribution in [2.24, 2.45) is 0 Å². The van der Waals surface area contributed by atoms with Crippen molar-refractivity contribution < 1.29 is 18.7 Å². The van der Waals surface area contributed by atoms with Crippen molar-refractivity contribution in [1.29, 1.82) is 0 Å². The van der Waals surface area contributed by atoms with Gasteiger partial charge in [0.1, 0.15) is 22.7 Å². The molecule has 0 saturated heterocycles. The van der Waals surface area contributed by atoms with E-state index in [1.54, 1.807) is 0 Å². The molecule has 5 heteroatoms. The first-order valence-electron chi connectivity index (χ1n) is 7.46. The number of hydrogen-bond donors (Lipinski definition) is 2. The lowest BCUT2D eigenvalue weighted by molar-refractivity contribution is 0.0699. The summed E-state index contributed by atoms with van der Waals surface area (Å²) in [6.07, 6.45) is 1.93. The lowest BCUT2D eigenvalue weighted by Crippen LogP contribution is -2.11. The predicted molar refractivity (Wildman–Crippen MR) is 85.4 cm³/mol. The van der Waals surface area contributed by atoms with Crippen LogP contribution in [0.3, 0.4) is 0 Å². The smallest absolute Gasteiger partial charge is 0.340 e. The van der Waals surface area contributed by atoms with Gasteiger partial charge in [0.15, 0.2) is 0 Å². The highest BCUT2D eigenvalue weighted by molar-refractivity contribution is 6.08. The van der Waals surface area contributed by atoms with Crippen LogP contribution in [-0.2, 0) is 6.42 Å². The van der Waals surface area contributed by atoms with Gasteiger partial charge >= 0.3 is 5.97 Å². The maximum absolute atomic E-state index is 13.1. The fraction of sp³-hybridized carbons (Fsp3) is 0.167. The Morgan fingerprint density at radius 3 is 2.74 bits per heavy atom. The zero-order chi connectivity index (χ0) is 16.0. The minimum Gasteiger partial charge on any atom is -0.478 e. The van der Waals surface area contributed by atoms with Crippen LogP contribution in [0.1, 0.15) is 22.3 Å². The third-order valence-electron chi connectivity index (χ3n) is 4.17. The van der Waals surface area contributed by atoms with Crippen LogP contribution < -0.4 is 5.32 Å². The van der Waals surface area contributed by atoms with E-state index < -0.39 is 5.97 Å². The monoisotopic (exact) mass is 311 g/mol. The third-order valence-corrected chi connectivity index (χ3v) is 4.17. The van der Waals surface area contributed by atoms with E-state index in [-0.39, 0.29) is 17.1 Å². The summed E-state index contributed by atoms with van der Waals surface area (Å²) in [5.41, 5.74) is 3.28. The molecule has 1 aliphatic rings. The maximum atomic E-state index is 13.1. The molecule has 0 aliphatic carbocycles. The Hall–Kier alpha value is -2.82. The summed E-state index contributed by atoms with van der Waals surface area (Å²) in [6.45, 7) is 0.899. The molecule has 0 atom stereocenters. The van der Waals surface area contributed by atoms with Crippen molar-refractivity contribution in [1.82, 2.24) is 0 Å². The second-order valence-electron chi connectivity index (χ2n) is 5.65. The van der Waals surface area contributed by atoms with E-state index in [4.69, 9.17) is 4.42 Å². The highest BCUT2D eigenvalue weighted by Gasteiger charge is 2.23. The molecule has 0 unspecified atom stereocenters. The fourth-order valence-electron chi connectivity index (χ4n) is 3.08. The van der Waals surface area contributed by atoms with Gasteiger partial charge in [-0.3, -0.25) is 0 Å². The van der Waals surface area contributed by atoms with Gasteiger partial charge in [-0.25, -0.2) is 9.18 Å². The molecule has 0 radical (unpaired) electrons. The Kier molecular flexibility index (Phi) is 3.08. The lowest BCUT2D eigenvalue weighted by Gasteiger charge is -2.17. The molecule has 0 fully saturated rings.